The molecule has 0 saturated carbocycles. The smallest absolute Gasteiger partial charge is 0.256 e. The Morgan fingerprint density at radius 1 is 1.53 bits per heavy atom. The van der Waals surface area contributed by atoms with Crippen molar-refractivity contribution in [3.8, 4) is 11.8 Å². The molecule has 1 atom stereocenters. The van der Waals surface area contributed by atoms with Crippen molar-refractivity contribution in [1.82, 2.24) is 0 Å². The standard InChI is InChI=1S/C15H19NO3/c1-4-15(2,19-3)14(18)16-13-9-5-7-12(11-13)8-6-10-17/h5,7,9,11,17H,4,10H2,1-3H3,(H,16,18). The van der Waals surface area contributed by atoms with E-state index < -0.39 is 5.60 Å². The first-order valence-corrected chi connectivity index (χ1v) is 6.12. The Hall–Kier alpha value is -1.83. The van der Waals surface area contributed by atoms with Gasteiger partial charge in [0.1, 0.15) is 12.2 Å². The Kier molecular flexibility index (Phi) is 5.56. The number of rotatable bonds is 4. The molecule has 1 aromatic carbocycles. The van der Waals surface area contributed by atoms with Gasteiger partial charge in [-0.3, -0.25) is 4.79 Å². The van der Waals surface area contributed by atoms with Crippen LogP contribution >= 0.6 is 0 Å². The molecule has 102 valence electrons. The predicted octanol–water partition coefficient (Wildman–Crippen LogP) is 1.78. The highest BCUT2D eigenvalue weighted by Gasteiger charge is 2.30. The van der Waals surface area contributed by atoms with Gasteiger partial charge in [0.05, 0.1) is 0 Å². The van der Waals surface area contributed by atoms with E-state index in [1.165, 1.54) is 7.11 Å². The summed E-state index contributed by atoms with van der Waals surface area (Å²) in [6.07, 6.45) is 0.583. The molecule has 4 heteroatoms. The maximum Gasteiger partial charge on any atom is 0.256 e. The molecule has 1 unspecified atom stereocenters. The molecule has 2 N–H and O–H groups in total. The minimum absolute atomic E-state index is 0.186. The van der Waals surface area contributed by atoms with E-state index in [9.17, 15) is 4.79 Å². The fourth-order valence-electron chi connectivity index (χ4n) is 1.48. The van der Waals surface area contributed by atoms with Gasteiger partial charge < -0.3 is 15.2 Å². The number of methoxy groups -OCH3 is 1. The second-order valence-electron chi connectivity index (χ2n) is 4.28. The number of aliphatic hydroxyl groups excluding tert-OH is 1. The Labute approximate surface area is 113 Å². The van der Waals surface area contributed by atoms with Crippen LogP contribution in [0.2, 0.25) is 0 Å². The fourth-order valence-corrected chi connectivity index (χ4v) is 1.48. The number of ether oxygens (including phenoxy) is 1. The van der Waals surface area contributed by atoms with Crippen LogP contribution < -0.4 is 5.32 Å². The summed E-state index contributed by atoms with van der Waals surface area (Å²) in [7, 11) is 1.52. The average Bonchev–Trinajstić information content (AvgIpc) is 2.44. The Bertz CT molecular complexity index is 496. The van der Waals surface area contributed by atoms with Gasteiger partial charge in [-0.2, -0.15) is 0 Å². The summed E-state index contributed by atoms with van der Waals surface area (Å²) in [5, 5.41) is 11.5. The van der Waals surface area contributed by atoms with Crippen LogP contribution in [0.3, 0.4) is 0 Å². The molecule has 1 amide bonds. The van der Waals surface area contributed by atoms with Gasteiger partial charge in [0.2, 0.25) is 0 Å². The highest BCUT2D eigenvalue weighted by Crippen LogP contribution is 2.18. The molecule has 0 aliphatic carbocycles. The summed E-state index contributed by atoms with van der Waals surface area (Å²) < 4.78 is 5.24. The number of hydrogen-bond donors (Lipinski definition) is 2. The van der Waals surface area contributed by atoms with Gasteiger partial charge in [-0.25, -0.2) is 0 Å². The normalized spacial score (nSPS) is 13.1. The topological polar surface area (TPSA) is 58.6 Å². The lowest BCUT2D eigenvalue weighted by atomic mass is 10.0. The second kappa shape index (κ2) is 6.93. The van der Waals surface area contributed by atoms with Crippen LogP contribution in [-0.2, 0) is 9.53 Å². The van der Waals surface area contributed by atoms with Crippen molar-refractivity contribution < 1.29 is 14.6 Å². The Balaban J connectivity index is 2.85. The fraction of sp³-hybridized carbons (Fsp3) is 0.400. The third-order valence-corrected chi connectivity index (χ3v) is 3.04. The molecule has 0 radical (unpaired) electrons. The van der Waals surface area contributed by atoms with Crippen LogP contribution in [0.25, 0.3) is 0 Å². The minimum Gasteiger partial charge on any atom is -0.384 e. The number of anilines is 1. The molecule has 4 nitrogen and oxygen atoms in total. The third-order valence-electron chi connectivity index (χ3n) is 3.04. The number of carbonyl (C=O) groups excluding carboxylic acids is 1. The maximum atomic E-state index is 12.1. The van der Waals surface area contributed by atoms with E-state index in [0.29, 0.717) is 12.1 Å². The van der Waals surface area contributed by atoms with E-state index in [2.05, 4.69) is 17.2 Å². The lowest BCUT2D eigenvalue weighted by molar-refractivity contribution is -0.136. The van der Waals surface area contributed by atoms with Crippen LogP contribution in [0.5, 0.6) is 0 Å². The quantitative estimate of drug-likeness (QED) is 0.812. The zero-order chi connectivity index (χ0) is 14.3. The van der Waals surface area contributed by atoms with E-state index >= 15 is 0 Å². The van der Waals surface area contributed by atoms with Crippen LogP contribution in [0.4, 0.5) is 5.69 Å². The van der Waals surface area contributed by atoms with Gasteiger partial charge in [0.25, 0.3) is 5.91 Å². The lowest BCUT2D eigenvalue weighted by Gasteiger charge is -2.25. The summed E-state index contributed by atoms with van der Waals surface area (Å²) in [4.78, 5) is 12.1. The van der Waals surface area contributed by atoms with Gasteiger partial charge in [0, 0.05) is 18.4 Å². The minimum atomic E-state index is -0.840. The number of hydrogen-bond acceptors (Lipinski definition) is 3. The number of carbonyl (C=O) groups is 1. The molecule has 0 fully saturated rings. The van der Waals surface area contributed by atoms with E-state index in [1.807, 2.05) is 13.0 Å². The SMILES string of the molecule is CCC(C)(OC)C(=O)Nc1cccc(C#CCO)c1. The molecular weight excluding hydrogens is 242 g/mol. The average molecular weight is 261 g/mol. The largest absolute Gasteiger partial charge is 0.384 e. The number of aliphatic hydroxyl groups is 1. The van der Waals surface area contributed by atoms with Crippen LogP contribution in [-0.4, -0.2) is 30.3 Å². The summed E-state index contributed by atoms with van der Waals surface area (Å²) in [6, 6.07) is 7.15. The van der Waals surface area contributed by atoms with E-state index in [-0.39, 0.29) is 12.5 Å². The van der Waals surface area contributed by atoms with Crippen molar-refractivity contribution in [2.75, 3.05) is 19.0 Å². The van der Waals surface area contributed by atoms with Gasteiger partial charge in [-0.15, -0.1) is 0 Å². The molecular formula is C15H19NO3. The summed E-state index contributed by atoms with van der Waals surface area (Å²) >= 11 is 0. The Morgan fingerprint density at radius 3 is 2.84 bits per heavy atom. The molecule has 0 aliphatic heterocycles. The van der Waals surface area contributed by atoms with Crippen molar-refractivity contribution in [3.63, 3.8) is 0 Å². The first-order valence-electron chi connectivity index (χ1n) is 6.12. The highest BCUT2D eigenvalue weighted by molar-refractivity contribution is 5.97. The first kappa shape index (κ1) is 15.2. The molecule has 0 aromatic heterocycles. The van der Waals surface area contributed by atoms with Crippen molar-refractivity contribution in [2.45, 2.75) is 25.9 Å². The first-order chi connectivity index (χ1) is 9.05. The monoisotopic (exact) mass is 261 g/mol. The summed E-state index contributed by atoms with van der Waals surface area (Å²) in [5.41, 5.74) is 0.557. The molecule has 1 aromatic rings. The molecule has 1 rings (SSSR count). The summed E-state index contributed by atoms with van der Waals surface area (Å²) in [6.45, 7) is 3.46. The number of nitrogens with one attached hydrogen (secondary N) is 1. The number of amides is 1. The van der Waals surface area contributed by atoms with Crippen LogP contribution in [0.1, 0.15) is 25.8 Å². The van der Waals surface area contributed by atoms with Crippen molar-refractivity contribution in [3.05, 3.63) is 29.8 Å². The predicted molar refractivity (Wildman–Crippen MR) is 74.7 cm³/mol. The highest BCUT2D eigenvalue weighted by atomic mass is 16.5. The van der Waals surface area contributed by atoms with Gasteiger partial charge in [-0.05, 0) is 31.5 Å². The number of benzene rings is 1. The van der Waals surface area contributed by atoms with E-state index in [4.69, 9.17) is 9.84 Å². The second-order valence-corrected chi connectivity index (χ2v) is 4.28. The molecule has 0 aliphatic rings. The molecule has 0 heterocycles. The van der Waals surface area contributed by atoms with Gasteiger partial charge in [0.15, 0.2) is 0 Å². The zero-order valence-corrected chi connectivity index (χ0v) is 11.5. The molecule has 0 bridgehead atoms. The van der Waals surface area contributed by atoms with Crippen molar-refractivity contribution in [2.24, 2.45) is 0 Å². The van der Waals surface area contributed by atoms with Crippen LogP contribution in [0.15, 0.2) is 24.3 Å². The van der Waals surface area contributed by atoms with Crippen molar-refractivity contribution in [1.29, 1.82) is 0 Å². The molecule has 0 spiro atoms. The lowest BCUT2D eigenvalue weighted by Crippen LogP contribution is -2.41. The van der Waals surface area contributed by atoms with E-state index in [0.717, 1.165) is 5.56 Å². The van der Waals surface area contributed by atoms with Crippen molar-refractivity contribution >= 4 is 11.6 Å². The molecule has 0 saturated heterocycles. The molecule has 19 heavy (non-hydrogen) atoms. The third kappa shape index (κ3) is 4.09. The van der Waals surface area contributed by atoms with Gasteiger partial charge in [-0.1, -0.05) is 24.8 Å². The Morgan fingerprint density at radius 2 is 2.26 bits per heavy atom. The van der Waals surface area contributed by atoms with Gasteiger partial charge >= 0.3 is 0 Å². The van der Waals surface area contributed by atoms with E-state index in [1.54, 1.807) is 25.1 Å². The zero-order valence-electron chi connectivity index (χ0n) is 11.5. The van der Waals surface area contributed by atoms with Crippen LogP contribution in [0, 0.1) is 11.8 Å². The summed E-state index contributed by atoms with van der Waals surface area (Å²) in [5.74, 6) is 5.17. The maximum absolute atomic E-state index is 12.1.